The Morgan fingerprint density at radius 1 is 1.05 bits per heavy atom. The van der Waals surface area contributed by atoms with Crippen LogP contribution in [-0.2, 0) is 17.2 Å². The lowest BCUT2D eigenvalue weighted by atomic mass is 10.0. The minimum absolute atomic E-state index is 0.113. The van der Waals surface area contributed by atoms with E-state index >= 15 is 0 Å². The Balaban J connectivity index is 1.72. The second kappa shape index (κ2) is 10.0. The van der Waals surface area contributed by atoms with Crippen molar-refractivity contribution >= 4 is 24.8 Å². The molecule has 1 unspecified atom stereocenters. The molecule has 0 spiro atoms. The predicted octanol–water partition coefficient (Wildman–Crippen LogP) is 6.81. The molecule has 0 amide bonds. The summed E-state index contributed by atoms with van der Waals surface area (Å²) in [6.07, 6.45) is -3.10. The predicted molar refractivity (Wildman–Crippen MR) is 142 cm³/mol. The summed E-state index contributed by atoms with van der Waals surface area (Å²) in [4.78, 5) is 27.9. The number of hydrogen-bond donors (Lipinski definition) is 2. The Bertz CT molecular complexity index is 1780. The molecule has 39 heavy (non-hydrogen) atoms. The number of nitrogens with one attached hydrogen (secondary N) is 1. The standard InChI is InChI=1S/C27H20ClF3N3O4P/c1-39(36,37)38-23-14-18(27(29,30)31)9-12-20(23)21-15-32-25-24(17-7-10-19(28)11-8-17)22(33-34(25)26(21)35)13-16-5-3-2-4-6-16/h2-12,14-15,33H,13H2,1H3,(H,36,37). The molecule has 0 aliphatic heterocycles. The third kappa shape index (κ3) is 5.63. The number of rotatable bonds is 6. The molecule has 1 atom stereocenters. The van der Waals surface area contributed by atoms with Gasteiger partial charge in [0, 0.05) is 41.1 Å². The molecule has 2 N–H and O–H groups in total. The largest absolute Gasteiger partial charge is 0.424 e. The fraction of sp³-hybridized carbons (Fsp3) is 0.111. The van der Waals surface area contributed by atoms with Crippen LogP contribution in [0.15, 0.2) is 83.8 Å². The molecular weight excluding hydrogens is 554 g/mol. The van der Waals surface area contributed by atoms with E-state index in [1.165, 1.54) is 10.7 Å². The lowest BCUT2D eigenvalue weighted by Crippen LogP contribution is -2.17. The van der Waals surface area contributed by atoms with Crippen LogP contribution in [0, 0.1) is 0 Å². The molecule has 2 heterocycles. The van der Waals surface area contributed by atoms with Crippen LogP contribution in [0.4, 0.5) is 13.2 Å². The van der Waals surface area contributed by atoms with Crippen LogP contribution in [0.25, 0.3) is 27.9 Å². The summed E-state index contributed by atoms with van der Waals surface area (Å²) >= 11 is 6.08. The molecule has 0 fully saturated rings. The molecule has 0 bridgehead atoms. The normalized spacial score (nSPS) is 13.4. The van der Waals surface area contributed by atoms with E-state index in [0.717, 1.165) is 29.9 Å². The lowest BCUT2D eigenvalue weighted by molar-refractivity contribution is -0.137. The van der Waals surface area contributed by atoms with Gasteiger partial charge in [0.05, 0.1) is 11.1 Å². The molecule has 3 aromatic carbocycles. The highest BCUT2D eigenvalue weighted by Gasteiger charge is 2.32. The highest BCUT2D eigenvalue weighted by molar-refractivity contribution is 7.52. The highest BCUT2D eigenvalue weighted by Crippen LogP contribution is 2.44. The Kier molecular flexibility index (Phi) is 6.88. The summed E-state index contributed by atoms with van der Waals surface area (Å²) in [7, 11) is -4.27. The van der Waals surface area contributed by atoms with Crippen molar-refractivity contribution in [2.75, 3.05) is 6.66 Å². The highest BCUT2D eigenvalue weighted by atomic mass is 35.5. The van der Waals surface area contributed by atoms with Gasteiger partial charge in [0.2, 0.25) is 0 Å². The number of aromatic nitrogens is 3. The van der Waals surface area contributed by atoms with Gasteiger partial charge in [-0.2, -0.15) is 13.2 Å². The van der Waals surface area contributed by atoms with Crippen LogP contribution in [0.1, 0.15) is 16.8 Å². The summed E-state index contributed by atoms with van der Waals surface area (Å²) in [5, 5.41) is 3.62. The van der Waals surface area contributed by atoms with Gasteiger partial charge in [-0.1, -0.05) is 54.1 Å². The molecule has 0 saturated carbocycles. The van der Waals surface area contributed by atoms with Gasteiger partial charge in [-0.15, -0.1) is 0 Å². The lowest BCUT2D eigenvalue weighted by Gasteiger charge is -2.15. The van der Waals surface area contributed by atoms with Crippen molar-refractivity contribution in [2.24, 2.45) is 0 Å². The van der Waals surface area contributed by atoms with Gasteiger partial charge in [-0.05, 0) is 41.5 Å². The van der Waals surface area contributed by atoms with Crippen LogP contribution in [-0.4, -0.2) is 26.2 Å². The number of halogens is 4. The maximum absolute atomic E-state index is 13.7. The van der Waals surface area contributed by atoms with E-state index < -0.39 is 30.6 Å². The van der Waals surface area contributed by atoms with Crippen LogP contribution in [0.2, 0.25) is 5.02 Å². The number of hydrogen-bond acceptors (Lipinski definition) is 4. The number of nitrogens with zero attached hydrogens (tertiary/aromatic N) is 2. The minimum atomic E-state index is -4.74. The van der Waals surface area contributed by atoms with Crippen LogP contribution >= 0.6 is 19.2 Å². The minimum Gasteiger partial charge on any atom is -0.424 e. The average molecular weight is 574 g/mol. The number of aromatic amines is 1. The van der Waals surface area contributed by atoms with E-state index in [0.29, 0.717) is 28.8 Å². The number of benzene rings is 3. The van der Waals surface area contributed by atoms with Crippen molar-refractivity contribution in [2.45, 2.75) is 12.6 Å². The SMILES string of the molecule is CP(=O)(O)Oc1cc(C(F)(F)F)ccc1-c1cnc2c(-c3ccc(Cl)cc3)c(Cc3ccccc3)[nH]n2c1=O. The zero-order chi connectivity index (χ0) is 27.9. The second-order valence-corrected chi connectivity index (χ2v) is 11.1. The van der Waals surface area contributed by atoms with Crippen molar-refractivity contribution < 1.29 is 27.2 Å². The van der Waals surface area contributed by atoms with Gasteiger partial charge in [-0.3, -0.25) is 9.89 Å². The summed E-state index contributed by atoms with van der Waals surface area (Å²) in [5.41, 5.74) is 1.34. The molecule has 0 aliphatic rings. The zero-order valence-electron chi connectivity index (χ0n) is 20.2. The topological polar surface area (TPSA) is 96.7 Å². The first-order valence-electron chi connectivity index (χ1n) is 11.5. The van der Waals surface area contributed by atoms with Crippen molar-refractivity contribution in [3.05, 3.63) is 111 Å². The van der Waals surface area contributed by atoms with Gasteiger partial charge in [0.15, 0.2) is 5.65 Å². The van der Waals surface area contributed by atoms with Gasteiger partial charge in [-0.25, -0.2) is 14.1 Å². The Morgan fingerprint density at radius 3 is 2.38 bits per heavy atom. The number of fused-ring (bicyclic) bond motifs is 1. The summed E-state index contributed by atoms with van der Waals surface area (Å²) in [5.74, 6) is -0.564. The number of alkyl halides is 3. The molecule has 12 heteroatoms. The van der Waals surface area contributed by atoms with E-state index in [1.54, 1.807) is 24.3 Å². The Morgan fingerprint density at radius 2 is 1.74 bits per heavy atom. The van der Waals surface area contributed by atoms with E-state index in [-0.39, 0.29) is 16.8 Å². The van der Waals surface area contributed by atoms with Crippen LogP contribution < -0.4 is 10.1 Å². The van der Waals surface area contributed by atoms with Gasteiger partial charge in [0.1, 0.15) is 5.75 Å². The number of H-pyrrole nitrogens is 1. The zero-order valence-corrected chi connectivity index (χ0v) is 21.9. The molecule has 200 valence electrons. The fourth-order valence-corrected chi connectivity index (χ4v) is 4.91. The molecule has 5 aromatic rings. The van der Waals surface area contributed by atoms with Gasteiger partial charge in [0.25, 0.3) is 5.56 Å². The first-order valence-corrected chi connectivity index (χ1v) is 13.9. The van der Waals surface area contributed by atoms with Crippen molar-refractivity contribution in [1.29, 1.82) is 0 Å². The van der Waals surface area contributed by atoms with Crippen molar-refractivity contribution in [3.8, 4) is 28.0 Å². The third-order valence-electron chi connectivity index (χ3n) is 5.96. The van der Waals surface area contributed by atoms with E-state index in [1.807, 2.05) is 30.3 Å². The van der Waals surface area contributed by atoms with E-state index in [9.17, 15) is 27.4 Å². The molecular formula is C27H20ClF3N3O4P. The molecule has 0 radical (unpaired) electrons. The summed E-state index contributed by atoms with van der Waals surface area (Å²) in [6.45, 7) is 0.838. The maximum atomic E-state index is 13.7. The first-order chi connectivity index (χ1) is 18.4. The molecule has 5 rings (SSSR count). The second-order valence-electron chi connectivity index (χ2n) is 8.87. The first kappa shape index (κ1) is 26.7. The smallest absolute Gasteiger partial charge is 0.416 e. The molecule has 0 aliphatic carbocycles. The van der Waals surface area contributed by atoms with Crippen molar-refractivity contribution in [3.63, 3.8) is 0 Å². The van der Waals surface area contributed by atoms with E-state index in [4.69, 9.17) is 16.1 Å². The van der Waals surface area contributed by atoms with Crippen LogP contribution in [0.3, 0.4) is 0 Å². The maximum Gasteiger partial charge on any atom is 0.416 e. The quantitative estimate of drug-likeness (QED) is 0.217. The summed E-state index contributed by atoms with van der Waals surface area (Å²) in [6, 6.07) is 18.9. The third-order valence-corrected chi connectivity index (χ3v) is 6.74. The fourth-order valence-electron chi connectivity index (χ4n) is 4.27. The van der Waals surface area contributed by atoms with E-state index in [2.05, 4.69) is 10.1 Å². The van der Waals surface area contributed by atoms with Crippen molar-refractivity contribution in [1.82, 2.24) is 14.6 Å². The average Bonchev–Trinajstić information content (AvgIpc) is 3.23. The molecule has 0 saturated heterocycles. The van der Waals surface area contributed by atoms with Gasteiger partial charge >= 0.3 is 13.8 Å². The van der Waals surface area contributed by atoms with Gasteiger partial charge < -0.3 is 9.42 Å². The van der Waals surface area contributed by atoms with Crippen LogP contribution in [0.5, 0.6) is 5.75 Å². The Hall–Kier alpha value is -3.85. The molecule has 2 aromatic heterocycles. The summed E-state index contributed by atoms with van der Waals surface area (Å²) < 4.78 is 58.2. The Labute approximate surface area is 225 Å². The molecule has 7 nitrogen and oxygen atoms in total. The monoisotopic (exact) mass is 573 g/mol.